The minimum Gasteiger partial charge on any atom is -0.335 e. The molecule has 0 aliphatic carbocycles. The van der Waals surface area contributed by atoms with Crippen LogP contribution in [-0.2, 0) is 11.2 Å². The molecule has 0 fully saturated rings. The van der Waals surface area contributed by atoms with E-state index in [1.165, 1.54) is 5.56 Å². The topological polar surface area (TPSA) is 70.2 Å². The molecule has 0 aliphatic rings. The molecule has 2 aromatic carbocycles. The van der Waals surface area contributed by atoms with Crippen LogP contribution in [0.4, 0.5) is 16.2 Å². The van der Waals surface area contributed by atoms with Crippen molar-refractivity contribution in [3.05, 3.63) is 59.7 Å². The maximum Gasteiger partial charge on any atom is 0.319 e. The van der Waals surface area contributed by atoms with Gasteiger partial charge >= 0.3 is 6.03 Å². The largest absolute Gasteiger partial charge is 0.335 e. The van der Waals surface area contributed by atoms with Crippen LogP contribution in [-0.4, -0.2) is 18.0 Å². The van der Waals surface area contributed by atoms with Crippen molar-refractivity contribution in [1.29, 1.82) is 0 Å². The monoisotopic (exact) mass is 353 g/mol. The standard InChI is InChI=1S/C21H27N3O2/c1-4-20(25)23-18-13-10-15(2)19(14-18)24-21(26)22-16(3)11-12-17-8-6-5-7-9-17/h5-10,13-14,16H,4,11-12H2,1-3H3,(H,23,25)(H2,22,24,26). The van der Waals surface area contributed by atoms with Gasteiger partial charge in [0.05, 0.1) is 0 Å². The number of carbonyl (C=O) groups excluding carboxylic acids is 2. The summed E-state index contributed by atoms with van der Waals surface area (Å²) in [5.74, 6) is -0.0567. The maximum absolute atomic E-state index is 12.3. The molecular weight excluding hydrogens is 326 g/mol. The fourth-order valence-electron chi connectivity index (χ4n) is 2.57. The van der Waals surface area contributed by atoms with Crippen LogP contribution in [0.5, 0.6) is 0 Å². The van der Waals surface area contributed by atoms with E-state index in [1.807, 2.05) is 44.2 Å². The zero-order valence-electron chi connectivity index (χ0n) is 15.6. The van der Waals surface area contributed by atoms with Crippen molar-refractivity contribution in [3.63, 3.8) is 0 Å². The Hall–Kier alpha value is -2.82. The number of nitrogens with one attached hydrogen (secondary N) is 3. The third-order valence-electron chi connectivity index (χ3n) is 4.18. The van der Waals surface area contributed by atoms with Crippen molar-refractivity contribution in [2.45, 2.75) is 46.1 Å². The molecule has 5 heteroatoms. The van der Waals surface area contributed by atoms with E-state index < -0.39 is 0 Å². The van der Waals surface area contributed by atoms with Gasteiger partial charge in [-0.3, -0.25) is 4.79 Å². The summed E-state index contributed by atoms with van der Waals surface area (Å²) in [5, 5.41) is 8.63. The fourth-order valence-corrected chi connectivity index (χ4v) is 2.57. The van der Waals surface area contributed by atoms with Crippen LogP contribution in [0.1, 0.15) is 37.8 Å². The van der Waals surface area contributed by atoms with E-state index >= 15 is 0 Å². The van der Waals surface area contributed by atoms with E-state index in [2.05, 4.69) is 28.1 Å². The second-order valence-electron chi connectivity index (χ2n) is 6.46. The third-order valence-corrected chi connectivity index (χ3v) is 4.18. The first-order valence-corrected chi connectivity index (χ1v) is 9.00. The average molecular weight is 353 g/mol. The molecule has 2 rings (SSSR count). The molecule has 3 amide bonds. The van der Waals surface area contributed by atoms with Crippen LogP contribution in [0.2, 0.25) is 0 Å². The molecule has 1 atom stereocenters. The lowest BCUT2D eigenvalue weighted by Crippen LogP contribution is -2.36. The quantitative estimate of drug-likeness (QED) is 0.686. The second-order valence-corrected chi connectivity index (χ2v) is 6.46. The van der Waals surface area contributed by atoms with Crippen LogP contribution < -0.4 is 16.0 Å². The zero-order chi connectivity index (χ0) is 18.9. The Balaban J connectivity index is 1.88. The molecule has 0 saturated carbocycles. The second kappa shape index (κ2) is 9.61. The summed E-state index contributed by atoms with van der Waals surface area (Å²) in [7, 11) is 0. The van der Waals surface area contributed by atoms with E-state index in [1.54, 1.807) is 13.0 Å². The number of benzene rings is 2. The molecule has 0 heterocycles. The van der Waals surface area contributed by atoms with Gasteiger partial charge in [0.1, 0.15) is 0 Å². The van der Waals surface area contributed by atoms with Gasteiger partial charge in [-0.1, -0.05) is 43.3 Å². The third kappa shape index (κ3) is 6.24. The summed E-state index contributed by atoms with van der Waals surface area (Å²) in [6.07, 6.45) is 2.19. The summed E-state index contributed by atoms with van der Waals surface area (Å²) in [6.45, 7) is 5.71. The van der Waals surface area contributed by atoms with E-state index in [0.29, 0.717) is 17.8 Å². The summed E-state index contributed by atoms with van der Waals surface area (Å²) in [4.78, 5) is 23.8. The van der Waals surface area contributed by atoms with Gasteiger partial charge < -0.3 is 16.0 Å². The van der Waals surface area contributed by atoms with Gasteiger partial charge in [-0.15, -0.1) is 0 Å². The molecule has 0 bridgehead atoms. The van der Waals surface area contributed by atoms with Crippen molar-refractivity contribution in [2.24, 2.45) is 0 Å². The number of amides is 3. The Bertz CT molecular complexity index is 744. The van der Waals surface area contributed by atoms with Gasteiger partial charge in [0.2, 0.25) is 5.91 Å². The van der Waals surface area contributed by atoms with E-state index in [9.17, 15) is 9.59 Å². The van der Waals surface area contributed by atoms with Crippen LogP contribution in [0.3, 0.4) is 0 Å². The van der Waals surface area contributed by atoms with Crippen LogP contribution in [0.25, 0.3) is 0 Å². The van der Waals surface area contributed by atoms with Crippen LogP contribution in [0, 0.1) is 6.92 Å². The lowest BCUT2D eigenvalue weighted by Gasteiger charge is -2.16. The predicted octanol–water partition coefficient (Wildman–Crippen LogP) is 4.49. The molecule has 26 heavy (non-hydrogen) atoms. The average Bonchev–Trinajstić information content (AvgIpc) is 2.63. The highest BCUT2D eigenvalue weighted by Gasteiger charge is 2.10. The highest BCUT2D eigenvalue weighted by atomic mass is 16.2. The molecule has 1 unspecified atom stereocenters. The molecule has 2 aromatic rings. The smallest absolute Gasteiger partial charge is 0.319 e. The number of anilines is 2. The first kappa shape index (κ1) is 19.5. The van der Waals surface area contributed by atoms with Gasteiger partial charge in [0, 0.05) is 23.8 Å². The van der Waals surface area contributed by atoms with Crippen LogP contribution in [0.15, 0.2) is 48.5 Å². The van der Waals surface area contributed by atoms with Gasteiger partial charge in [-0.05, 0) is 49.9 Å². The Labute approximate surface area is 155 Å². The Morgan fingerprint density at radius 2 is 1.77 bits per heavy atom. The Morgan fingerprint density at radius 1 is 1.04 bits per heavy atom. The summed E-state index contributed by atoms with van der Waals surface area (Å²) >= 11 is 0. The van der Waals surface area contributed by atoms with E-state index in [4.69, 9.17) is 0 Å². The fraction of sp³-hybridized carbons (Fsp3) is 0.333. The van der Waals surface area contributed by atoms with Gasteiger partial charge in [-0.2, -0.15) is 0 Å². The van der Waals surface area contributed by atoms with Gasteiger partial charge in [0.15, 0.2) is 0 Å². The zero-order valence-corrected chi connectivity index (χ0v) is 15.6. The molecular formula is C21H27N3O2. The van der Waals surface area contributed by atoms with E-state index in [0.717, 1.165) is 18.4 Å². The minimum absolute atomic E-state index is 0.0542. The Kier molecular flexibility index (Phi) is 7.21. The molecule has 0 spiro atoms. The number of rotatable bonds is 7. The van der Waals surface area contributed by atoms with Crippen molar-refractivity contribution >= 4 is 23.3 Å². The number of aryl methyl sites for hydroxylation is 2. The summed E-state index contributed by atoms with van der Waals surface area (Å²) < 4.78 is 0. The molecule has 0 aromatic heterocycles. The molecule has 138 valence electrons. The summed E-state index contributed by atoms with van der Waals surface area (Å²) in [5.41, 5.74) is 3.56. The molecule has 3 N–H and O–H groups in total. The summed E-state index contributed by atoms with van der Waals surface area (Å²) in [6, 6.07) is 15.5. The first-order chi connectivity index (χ1) is 12.5. The first-order valence-electron chi connectivity index (χ1n) is 9.00. The van der Waals surface area contributed by atoms with Crippen molar-refractivity contribution in [3.8, 4) is 0 Å². The van der Waals surface area contributed by atoms with Gasteiger partial charge in [-0.25, -0.2) is 4.79 Å². The van der Waals surface area contributed by atoms with E-state index in [-0.39, 0.29) is 18.0 Å². The number of carbonyl (C=O) groups is 2. The van der Waals surface area contributed by atoms with Gasteiger partial charge in [0.25, 0.3) is 0 Å². The Morgan fingerprint density at radius 3 is 2.46 bits per heavy atom. The maximum atomic E-state index is 12.3. The molecule has 0 saturated heterocycles. The van der Waals surface area contributed by atoms with Crippen molar-refractivity contribution in [2.75, 3.05) is 10.6 Å². The van der Waals surface area contributed by atoms with Crippen molar-refractivity contribution < 1.29 is 9.59 Å². The number of urea groups is 1. The van der Waals surface area contributed by atoms with Crippen molar-refractivity contribution in [1.82, 2.24) is 5.32 Å². The lowest BCUT2D eigenvalue weighted by atomic mass is 10.1. The minimum atomic E-state index is -0.243. The molecule has 5 nitrogen and oxygen atoms in total. The number of hydrogen-bond donors (Lipinski definition) is 3. The highest BCUT2D eigenvalue weighted by molar-refractivity contribution is 5.94. The SMILES string of the molecule is CCC(=O)Nc1ccc(C)c(NC(=O)NC(C)CCc2ccccc2)c1. The number of hydrogen-bond acceptors (Lipinski definition) is 2. The highest BCUT2D eigenvalue weighted by Crippen LogP contribution is 2.20. The lowest BCUT2D eigenvalue weighted by molar-refractivity contribution is -0.115. The predicted molar refractivity (Wildman–Crippen MR) is 106 cm³/mol. The normalized spacial score (nSPS) is 11.5. The molecule has 0 radical (unpaired) electrons. The van der Waals surface area contributed by atoms with Crippen LogP contribution >= 0.6 is 0 Å². The molecule has 0 aliphatic heterocycles.